The number of hydrogen-bond donors (Lipinski definition) is 2. The smallest absolute Gasteiger partial charge is 0.0468 e. The number of aliphatic hydroxyl groups excluding tert-OH is 1. The monoisotopic (exact) mass is 187 g/mol. The van der Waals surface area contributed by atoms with Crippen molar-refractivity contribution in [3.05, 3.63) is 0 Å². The molecule has 1 unspecified atom stereocenters. The lowest BCUT2D eigenvalue weighted by atomic mass is 10.1. The van der Waals surface area contributed by atoms with Crippen molar-refractivity contribution < 1.29 is 5.11 Å². The number of hydrogen-bond acceptors (Lipinski definition) is 2. The van der Waals surface area contributed by atoms with E-state index in [1.165, 1.54) is 25.7 Å². The first-order valence-corrected chi connectivity index (χ1v) is 5.58. The Kier molecular flexibility index (Phi) is 8.46. The maximum Gasteiger partial charge on any atom is 0.0468 e. The van der Waals surface area contributed by atoms with Crippen LogP contribution in [0.2, 0.25) is 0 Å². The summed E-state index contributed by atoms with van der Waals surface area (Å²) in [5.41, 5.74) is 0. The van der Waals surface area contributed by atoms with Crippen molar-refractivity contribution in [1.29, 1.82) is 0 Å². The second-order valence-corrected chi connectivity index (χ2v) is 3.97. The molecule has 0 saturated carbocycles. The van der Waals surface area contributed by atoms with Gasteiger partial charge in [0.15, 0.2) is 0 Å². The highest BCUT2D eigenvalue weighted by Crippen LogP contribution is 2.05. The van der Waals surface area contributed by atoms with Gasteiger partial charge in [-0.25, -0.2) is 0 Å². The third kappa shape index (κ3) is 7.03. The average Bonchev–Trinajstić information content (AvgIpc) is 2.14. The zero-order valence-electron chi connectivity index (χ0n) is 9.34. The van der Waals surface area contributed by atoms with E-state index in [0.29, 0.717) is 12.0 Å². The first-order valence-electron chi connectivity index (χ1n) is 5.58. The maximum atomic E-state index is 8.87. The first-order chi connectivity index (χ1) is 6.24. The van der Waals surface area contributed by atoms with Crippen LogP contribution in [0.25, 0.3) is 0 Å². The van der Waals surface area contributed by atoms with Gasteiger partial charge in [0.25, 0.3) is 0 Å². The highest BCUT2D eigenvalue weighted by atomic mass is 16.3. The van der Waals surface area contributed by atoms with Gasteiger partial charge in [0.1, 0.15) is 0 Å². The fourth-order valence-corrected chi connectivity index (χ4v) is 1.48. The SMILES string of the molecule is CCCC(CCC)NCC(C)CO. The summed E-state index contributed by atoms with van der Waals surface area (Å²) in [5, 5.41) is 12.4. The molecule has 0 rings (SSSR count). The topological polar surface area (TPSA) is 32.3 Å². The molecule has 0 aromatic heterocycles. The quantitative estimate of drug-likeness (QED) is 0.610. The van der Waals surface area contributed by atoms with Gasteiger partial charge in [-0.3, -0.25) is 0 Å². The van der Waals surface area contributed by atoms with Crippen molar-refractivity contribution in [2.24, 2.45) is 5.92 Å². The minimum absolute atomic E-state index is 0.290. The summed E-state index contributed by atoms with van der Waals surface area (Å²) in [6.45, 7) is 7.75. The van der Waals surface area contributed by atoms with E-state index in [0.717, 1.165) is 6.54 Å². The Morgan fingerprint density at radius 1 is 1.15 bits per heavy atom. The molecule has 0 bridgehead atoms. The molecular formula is C11H25NO. The first kappa shape index (κ1) is 12.9. The van der Waals surface area contributed by atoms with Crippen LogP contribution in [0.3, 0.4) is 0 Å². The minimum Gasteiger partial charge on any atom is -0.396 e. The molecule has 13 heavy (non-hydrogen) atoms. The molecule has 2 N–H and O–H groups in total. The molecule has 2 heteroatoms. The summed E-state index contributed by atoms with van der Waals surface area (Å²) < 4.78 is 0. The number of rotatable bonds is 8. The molecule has 0 spiro atoms. The van der Waals surface area contributed by atoms with Crippen LogP contribution in [0.5, 0.6) is 0 Å². The lowest BCUT2D eigenvalue weighted by Crippen LogP contribution is -2.33. The summed E-state index contributed by atoms with van der Waals surface area (Å²) in [4.78, 5) is 0. The van der Waals surface area contributed by atoms with Crippen LogP contribution in [-0.2, 0) is 0 Å². The molecule has 0 aromatic rings. The fraction of sp³-hybridized carbons (Fsp3) is 1.00. The Balaban J connectivity index is 3.55. The van der Waals surface area contributed by atoms with E-state index >= 15 is 0 Å². The second-order valence-electron chi connectivity index (χ2n) is 3.97. The van der Waals surface area contributed by atoms with Crippen molar-refractivity contribution in [3.8, 4) is 0 Å². The van der Waals surface area contributed by atoms with Crippen LogP contribution in [-0.4, -0.2) is 24.3 Å². The van der Waals surface area contributed by atoms with E-state index in [1.807, 2.05) is 0 Å². The van der Waals surface area contributed by atoms with Crippen molar-refractivity contribution in [1.82, 2.24) is 5.32 Å². The zero-order valence-corrected chi connectivity index (χ0v) is 9.34. The summed E-state index contributed by atoms with van der Waals surface area (Å²) in [7, 11) is 0. The van der Waals surface area contributed by atoms with E-state index in [-0.39, 0.29) is 6.61 Å². The van der Waals surface area contributed by atoms with Gasteiger partial charge >= 0.3 is 0 Å². The van der Waals surface area contributed by atoms with Gasteiger partial charge in [-0.15, -0.1) is 0 Å². The van der Waals surface area contributed by atoms with Gasteiger partial charge in [0.05, 0.1) is 0 Å². The van der Waals surface area contributed by atoms with Gasteiger partial charge in [-0.2, -0.15) is 0 Å². The molecule has 0 aliphatic rings. The predicted molar refractivity (Wildman–Crippen MR) is 57.9 cm³/mol. The Hall–Kier alpha value is -0.0800. The van der Waals surface area contributed by atoms with Crippen molar-refractivity contribution in [2.75, 3.05) is 13.2 Å². The predicted octanol–water partition coefficient (Wildman–Crippen LogP) is 2.17. The molecule has 2 nitrogen and oxygen atoms in total. The summed E-state index contributed by atoms with van der Waals surface area (Å²) in [5.74, 6) is 0.385. The molecule has 0 saturated heterocycles. The van der Waals surface area contributed by atoms with Crippen LogP contribution in [0.1, 0.15) is 46.5 Å². The van der Waals surface area contributed by atoms with E-state index < -0.39 is 0 Å². The maximum absolute atomic E-state index is 8.87. The summed E-state index contributed by atoms with van der Waals surface area (Å²) >= 11 is 0. The van der Waals surface area contributed by atoms with E-state index in [4.69, 9.17) is 5.11 Å². The highest BCUT2D eigenvalue weighted by Gasteiger charge is 2.07. The highest BCUT2D eigenvalue weighted by molar-refractivity contribution is 4.67. The summed E-state index contributed by atoms with van der Waals surface area (Å²) in [6, 6.07) is 0.656. The molecule has 0 radical (unpaired) electrons. The lowest BCUT2D eigenvalue weighted by Gasteiger charge is -2.19. The van der Waals surface area contributed by atoms with Crippen LogP contribution >= 0.6 is 0 Å². The van der Waals surface area contributed by atoms with Gasteiger partial charge in [-0.1, -0.05) is 33.6 Å². The molecular weight excluding hydrogens is 162 g/mol. The Labute approximate surface area is 82.7 Å². The molecule has 0 aliphatic carbocycles. The Bertz CT molecular complexity index is 100. The fourth-order valence-electron chi connectivity index (χ4n) is 1.48. The zero-order chi connectivity index (χ0) is 10.1. The van der Waals surface area contributed by atoms with Gasteiger partial charge < -0.3 is 10.4 Å². The van der Waals surface area contributed by atoms with Gasteiger partial charge in [-0.05, 0) is 18.8 Å². The molecule has 80 valence electrons. The normalized spacial score (nSPS) is 13.6. The minimum atomic E-state index is 0.290. The number of nitrogens with one attached hydrogen (secondary N) is 1. The Morgan fingerprint density at radius 2 is 1.69 bits per heavy atom. The largest absolute Gasteiger partial charge is 0.396 e. The Morgan fingerprint density at radius 3 is 2.08 bits per heavy atom. The summed E-state index contributed by atoms with van der Waals surface area (Å²) in [6.07, 6.45) is 4.99. The van der Waals surface area contributed by atoms with Crippen molar-refractivity contribution in [2.45, 2.75) is 52.5 Å². The average molecular weight is 187 g/mol. The van der Waals surface area contributed by atoms with Crippen LogP contribution < -0.4 is 5.32 Å². The second kappa shape index (κ2) is 8.52. The van der Waals surface area contributed by atoms with Crippen LogP contribution in [0, 0.1) is 5.92 Å². The molecule has 1 atom stereocenters. The molecule has 0 amide bonds. The standard InChI is InChI=1S/C11H25NO/c1-4-6-11(7-5-2)12-8-10(3)9-13/h10-13H,4-9H2,1-3H3. The molecule has 0 fully saturated rings. The van der Waals surface area contributed by atoms with Crippen molar-refractivity contribution >= 4 is 0 Å². The molecule has 0 aromatic carbocycles. The third-order valence-corrected chi connectivity index (χ3v) is 2.34. The van der Waals surface area contributed by atoms with Crippen LogP contribution in [0.4, 0.5) is 0 Å². The van der Waals surface area contributed by atoms with Crippen LogP contribution in [0.15, 0.2) is 0 Å². The van der Waals surface area contributed by atoms with Gasteiger partial charge in [0, 0.05) is 19.2 Å². The molecule has 0 heterocycles. The number of aliphatic hydroxyl groups is 1. The third-order valence-electron chi connectivity index (χ3n) is 2.34. The van der Waals surface area contributed by atoms with E-state index in [2.05, 4.69) is 26.1 Å². The lowest BCUT2D eigenvalue weighted by molar-refractivity contribution is 0.228. The van der Waals surface area contributed by atoms with Crippen molar-refractivity contribution in [3.63, 3.8) is 0 Å². The van der Waals surface area contributed by atoms with E-state index in [9.17, 15) is 0 Å². The van der Waals surface area contributed by atoms with Gasteiger partial charge in [0.2, 0.25) is 0 Å². The van der Waals surface area contributed by atoms with E-state index in [1.54, 1.807) is 0 Å². The molecule has 0 aliphatic heterocycles.